The molecule has 0 unspecified atom stereocenters. The first-order valence-electron chi connectivity index (χ1n) is 5.93. The predicted molar refractivity (Wildman–Crippen MR) is 83.8 cm³/mol. The number of unbranched alkanes of at least 4 members (excludes halogenated alkanes) is 3. The van der Waals surface area contributed by atoms with Crippen LogP contribution in [0.15, 0.2) is 22.7 Å². The van der Waals surface area contributed by atoms with E-state index in [0.717, 1.165) is 12.8 Å². The van der Waals surface area contributed by atoms with E-state index in [1.54, 1.807) is 6.07 Å². The number of alkyl halides is 1. The van der Waals surface area contributed by atoms with Crippen LogP contribution in [-0.4, -0.2) is 16.9 Å². The van der Waals surface area contributed by atoms with Crippen molar-refractivity contribution in [2.24, 2.45) is 0 Å². The molecule has 1 amide bonds. The van der Waals surface area contributed by atoms with E-state index in [0.29, 0.717) is 16.6 Å². The highest BCUT2D eigenvalue weighted by Gasteiger charge is 2.07. The van der Waals surface area contributed by atoms with Gasteiger partial charge in [0.25, 0.3) is 5.91 Å². The van der Waals surface area contributed by atoms with Crippen LogP contribution in [0.3, 0.4) is 0 Å². The number of benzene rings is 1. The van der Waals surface area contributed by atoms with Gasteiger partial charge in [-0.1, -0.05) is 51.4 Å². The van der Waals surface area contributed by atoms with Crippen LogP contribution in [-0.2, 0) is 0 Å². The van der Waals surface area contributed by atoms with Gasteiger partial charge in [0.05, 0.1) is 0 Å². The first kappa shape index (κ1) is 15.9. The molecule has 0 bridgehead atoms. The van der Waals surface area contributed by atoms with Gasteiger partial charge >= 0.3 is 0 Å². The SMILES string of the molecule is O=C(NCCCCCCI)c1cc(F)cc(Br)c1. The van der Waals surface area contributed by atoms with Crippen LogP contribution in [0, 0.1) is 5.82 Å². The second kappa shape index (κ2) is 8.85. The van der Waals surface area contributed by atoms with Crippen LogP contribution in [0.5, 0.6) is 0 Å². The highest BCUT2D eigenvalue weighted by Crippen LogP contribution is 2.14. The fraction of sp³-hybridized carbons (Fsp3) is 0.462. The maximum Gasteiger partial charge on any atom is 0.251 e. The van der Waals surface area contributed by atoms with Crippen molar-refractivity contribution in [1.29, 1.82) is 0 Å². The van der Waals surface area contributed by atoms with Crippen LogP contribution < -0.4 is 5.32 Å². The van der Waals surface area contributed by atoms with E-state index in [9.17, 15) is 9.18 Å². The van der Waals surface area contributed by atoms with Gasteiger partial charge in [-0.15, -0.1) is 0 Å². The van der Waals surface area contributed by atoms with Gasteiger partial charge in [-0.05, 0) is 35.5 Å². The van der Waals surface area contributed by atoms with Gasteiger partial charge in [0.2, 0.25) is 0 Å². The molecule has 0 aliphatic carbocycles. The van der Waals surface area contributed by atoms with Crippen LogP contribution in [0.25, 0.3) is 0 Å². The van der Waals surface area contributed by atoms with Gasteiger partial charge in [0.1, 0.15) is 5.82 Å². The molecule has 18 heavy (non-hydrogen) atoms. The fourth-order valence-corrected chi connectivity index (χ4v) is 2.57. The lowest BCUT2D eigenvalue weighted by Gasteiger charge is -2.05. The predicted octanol–water partition coefficient (Wildman–Crippen LogP) is 4.31. The van der Waals surface area contributed by atoms with Gasteiger partial charge in [-0.25, -0.2) is 4.39 Å². The van der Waals surface area contributed by atoms with E-state index < -0.39 is 5.82 Å². The van der Waals surface area contributed by atoms with Crippen molar-refractivity contribution in [3.8, 4) is 0 Å². The number of nitrogens with one attached hydrogen (secondary N) is 1. The Labute approximate surface area is 129 Å². The summed E-state index contributed by atoms with van der Waals surface area (Å²) in [4.78, 5) is 11.7. The molecular formula is C13H16BrFINO. The largest absolute Gasteiger partial charge is 0.352 e. The highest BCUT2D eigenvalue weighted by atomic mass is 127. The molecule has 100 valence electrons. The molecule has 1 aromatic rings. The summed E-state index contributed by atoms with van der Waals surface area (Å²) in [5, 5.41) is 2.80. The summed E-state index contributed by atoms with van der Waals surface area (Å²) < 4.78 is 14.9. The van der Waals surface area contributed by atoms with E-state index >= 15 is 0 Å². The van der Waals surface area contributed by atoms with Gasteiger partial charge in [-0.3, -0.25) is 4.79 Å². The maximum atomic E-state index is 13.1. The molecule has 5 heteroatoms. The minimum atomic E-state index is -0.406. The van der Waals surface area contributed by atoms with Crippen molar-refractivity contribution in [2.75, 3.05) is 11.0 Å². The third kappa shape index (κ3) is 6.13. The normalized spacial score (nSPS) is 10.4. The molecule has 1 rings (SSSR count). The van der Waals surface area contributed by atoms with Crippen molar-refractivity contribution in [2.45, 2.75) is 25.7 Å². The summed E-state index contributed by atoms with van der Waals surface area (Å²) in [7, 11) is 0. The van der Waals surface area contributed by atoms with Crippen LogP contribution in [0.1, 0.15) is 36.0 Å². The molecule has 0 saturated heterocycles. The van der Waals surface area contributed by atoms with Crippen LogP contribution in [0.4, 0.5) is 4.39 Å². The lowest BCUT2D eigenvalue weighted by atomic mass is 10.2. The number of hydrogen-bond acceptors (Lipinski definition) is 1. The summed E-state index contributed by atoms with van der Waals surface area (Å²) >= 11 is 5.53. The number of halogens is 3. The van der Waals surface area contributed by atoms with Crippen molar-refractivity contribution in [1.82, 2.24) is 5.32 Å². The number of amides is 1. The summed E-state index contributed by atoms with van der Waals surface area (Å²) in [6, 6.07) is 4.20. The molecule has 0 radical (unpaired) electrons. The number of rotatable bonds is 7. The van der Waals surface area contributed by atoms with Gasteiger partial charge in [-0.2, -0.15) is 0 Å². The minimum absolute atomic E-state index is 0.218. The molecular weight excluding hydrogens is 412 g/mol. The average molecular weight is 428 g/mol. The van der Waals surface area contributed by atoms with E-state index in [1.165, 1.54) is 29.4 Å². The Morgan fingerprint density at radius 3 is 2.61 bits per heavy atom. The molecule has 0 fully saturated rings. The Kier molecular flexibility index (Phi) is 7.81. The van der Waals surface area contributed by atoms with Crippen molar-refractivity contribution < 1.29 is 9.18 Å². The molecule has 1 N–H and O–H groups in total. The van der Waals surface area contributed by atoms with Gasteiger partial charge in [0.15, 0.2) is 0 Å². The molecule has 0 aliphatic rings. The van der Waals surface area contributed by atoms with Crippen molar-refractivity contribution in [3.05, 3.63) is 34.1 Å². The Balaban J connectivity index is 2.32. The minimum Gasteiger partial charge on any atom is -0.352 e. The van der Waals surface area contributed by atoms with Gasteiger partial charge < -0.3 is 5.32 Å². The molecule has 0 aromatic heterocycles. The van der Waals surface area contributed by atoms with Crippen molar-refractivity contribution in [3.63, 3.8) is 0 Å². The van der Waals surface area contributed by atoms with E-state index in [4.69, 9.17) is 0 Å². The summed E-state index contributed by atoms with van der Waals surface area (Å²) in [5.74, 6) is -0.624. The molecule has 0 saturated carbocycles. The Morgan fingerprint density at radius 1 is 1.22 bits per heavy atom. The van der Waals surface area contributed by atoms with E-state index in [1.807, 2.05) is 0 Å². The van der Waals surface area contributed by atoms with Crippen LogP contribution >= 0.6 is 38.5 Å². The van der Waals surface area contributed by atoms with Crippen LogP contribution in [0.2, 0.25) is 0 Å². The van der Waals surface area contributed by atoms with E-state index in [2.05, 4.69) is 43.8 Å². The smallest absolute Gasteiger partial charge is 0.251 e. The zero-order valence-electron chi connectivity index (χ0n) is 10.0. The Hall–Kier alpha value is -0.170. The second-order valence-corrected chi connectivity index (χ2v) is 6.01. The standard InChI is InChI=1S/C13H16BrFINO/c14-11-7-10(8-12(15)9-11)13(18)17-6-4-2-1-3-5-16/h7-9H,1-6H2,(H,17,18). The average Bonchev–Trinajstić information content (AvgIpc) is 2.32. The lowest BCUT2D eigenvalue weighted by molar-refractivity contribution is 0.0952. The first-order valence-corrected chi connectivity index (χ1v) is 8.25. The Morgan fingerprint density at radius 2 is 1.94 bits per heavy atom. The van der Waals surface area contributed by atoms with Gasteiger partial charge in [0, 0.05) is 16.6 Å². The topological polar surface area (TPSA) is 29.1 Å². The monoisotopic (exact) mass is 427 g/mol. The first-order chi connectivity index (χ1) is 8.63. The highest BCUT2D eigenvalue weighted by molar-refractivity contribution is 14.1. The molecule has 2 nitrogen and oxygen atoms in total. The Bertz CT molecular complexity index is 380. The number of carbonyl (C=O) groups is 1. The third-order valence-corrected chi connectivity index (χ3v) is 3.69. The molecule has 1 aromatic carbocycles. The maximum absolute atomic E-state index is 13.1. The summed E-state index contributed by atoms with van der Waals surface area (Å²) in [6.07, 6.45) is 4.52. The van der Waals surface area contributed by atoms with E-state index in [-0.39, 0.29) is 5.91 Å². The number of carbonyl (C=O) groups excluding carboxylic acids is 1. The molecule has 0 aliphatic heterocycles. The molecule has 0 atom stereocenters. The van der Waals surface area contributed by atoms with Crippen molar-refractivity contribution >= 4 is 44.4 Å². The lowest BCUT2D eigenvalue weighted by Crippen LogP contribution is -2.24. The molecule has 0 spiro atoms. The quantitative estimate of drug-likeness (QED) is 0.392. The second-order valence-electron chi connectivity index (χ2n) is 4.02. The third-order valence-electron chi connectivity index (χ3n) is 2.47. The summed E-state index contributed by atoms with van der Waals surface area (Å²) in [6.45, 7) is 0.647. The molecule has 0 heterocycles. The zero-order chi connectivity index (χ0) is 13.4. The number of hydrogen-bond donors (Lipinski definition) is 1. The summed E-state index contributed by atoms with van der Waals surface area (Å²) in [5.41, 5.74) is 0.356. The fourth-order valence-electron chi connectivity index (χ4n) is 1.56. The zero-order valence-corrected chi connectivity index (χ0v) is 13.8.